The van der Waals surface area contributed by atoms with Gasteiger partial charge in [0.05, 0.1) is 6.61 Å². The standard InChI is InChI=1S/C25H24O3/c1-4-18(3)27-15-7-6-8-19-9-13-23-20(16-19)10-11-21-17-22(12-14-24(21)23)28-25(26)5-2/h4-5,9-14,16-17H,1-3,6-8,15H2. The van der Waals surface area contributed by atoms with E-state index in [-0.39, 0.29) is 0 Å². The molecular weight excluding hydrogens is 348 g/mol. The Labute approximate surface area is 165 Å². The van der Waals surface area contributed by atoms with Gasteiger partial charge in [-0.2, -0.15) is 0 Å². The van der Waals surface area contributed by atoms with Gasteiger partial charge in [-0.1, -0.05) is 56.1 Å². The largest absolute Gasteiger partial charge is 0.494 e. The lowest BCUT2D eigenvalue weighted by Gasteiger charge is -2.09. The van der Waals surface area contributed by atoms with Crippen LogP contribution in [0.4, 0.5) is 0 Å². The van der Waals surface area contributed by atoms with Crippen LogP contribution < -0.4 is 4.74 Å². The number of aryl methyl sites for hydroxylation is 1. The van der Waals surface area contributed by atoms with Crippen molar-refractivity contribution < 1.29 is 14.3 Å². The summed E-state index contributed by atoms with van der Waals surface area (Å²) in [6, 6.07) is 16.4. The minimum atomic E-state index is -0.455. The van der Waals surface area contributed by atoms with Crippen molar-refractivity contribution in [3.63, 3.8) is 0 Å². The molecule has 3 aromatic carbocycles. The predicted octanol–water partition coefficient (Wildman–Crippen LogP) is 6.12. The zero-order valence-corrected chi connectivity index (χ0v) is 15.9. The SMILES string of the molecule is C=CC(=C)OCCCCc1ccc2c(ccc3cc(OC(=O)C=C)ccc32)c1. The fraction of sp³-hybridized carbons (Fsp3) is 0.160. The zero-order chi connectivity index (χ0) is 19.9. The lowest BCUT2D eigenvalue weighted by Crippen LogP contribution is -2.02. The average molecular weight is 372 g/mol. The third kappa shape index (κ3) is 4.68. The molecule has 3 aromatic rings. The lowest BCUT2D eigenvalue weighted by molar-refractivity contribution is -0.128. The third-order valence-electron chi connectivity index (χ3n) is 4.63. The Morgan fingerprint density at radius 3 is 2.32 bits per heavy atom. The summed E-state index contributed by atoms with van der Waals surface area (Å²) in [5, 5.41) is 4.57. The average Bonchev–Trinajstić information content (AvgIpc) is 2.72. The molecule has 28 heavy (non-hydrogen) atoms. The maximum absolute atomic E-state index is 11.4. The highest BCUT2D eigenvalue weighted by Crippen LogP contribution is 2.29. The molecule has 3 nitrogen and oxygen atoms in total. The minimum absolute atomic E-state index is 0.455. The molecule has 0 radical (unpaired) electrons. The van der Waals surface area contributed by atoms with Gasteiger partial charge in [-0.05, 0) is 64.6 Å². The summed E-state index contributed by atoms with van der Waals surface area (Å²) in [6.45, 7) is 11.5. The van der Waals surface area contributed by atoms with Crippen molar-refractivity contribution in [1.82, 2.24) is 0 Å². The smallest absolute Gasteiger partial charge is 0.335 e. The highest BCUT2D eigenvalue weighted by atomic mass is 16.5. The number of ether oxygens (including phenoxy) is 2. The number of unbranched alkanes of at least 4 members (excludes halogenated alkanes) is 1. The molecule has 3 heteroatoms. The number of esters is 1. The first-order valence-electron chi connectivity index (χ1n) is 9.34. The Morgan fingerprint density at radius 2 is 1.61 bits per heavy atom. The molecule has 142 valence electrons. The van der Waals surface area contributed by atoms with Crippen LogP contribution in [0.15, 0.2) is 86.2 Å². The van der Waals surface area contributed by atoms with Crippen molar-refractivity contribution >= 4 is 27.5 Å². The van der Waals surface area contributed by atoms with Crippen molar-refractivity contribution in [3.05, 3.63) is 91.7 Å². The van der Waals surface area contributed by atoms with Crippen LogP contribution in [0.5, 0.6) is 5.75 Å². The van der Waals surface area contributed by atoms with Crippen LogP contribution in [-0.2, 0) is 16.0 Å². The quantitative estimate of drug-likeness (QED) is 0.0863. The van der Waals surface area contributed by atoms with Crippen molar-refractivity contribution in [2.24, 2.45) is 0 Å². The first-order chi connectivity index (χ1) is 13.6. The van der Waals surface area contributed by atoms with Gasteiger partial charge in [-0.3, -0.25) is 0 Å². The van der Waals surface area contributed by atoms with Gasteiger partial charge in [0.2, 0.25) is 0 Å². The van der Waals surface area contributed by atoms with E-state index in [1.54, 1.807) is 6.08 Å². The number of allylic oxidation sites excluding steroid dienone is 1. The number of hydrogen-bond donors (Lipinski definition) is 0. The van der Waals surface area contributed by atoms with Crippen LogP contribution >= 0.6 is 0 Å². The molecule has 3 rings (SSSR count). The second kappa shape index (κ2) is 9.05. The van der Waals surface area contributed by atoms with Gasteiger partial charge in [0, 0.05) is 6.08 Å². The molecule has 0 atom stereocenters. The number of carbonyl (C=O) groups is 1. The molecule has 0 aliphatic rings. The highest BCUT2D eigenvalue weighted by molar-refractivity contribution is 6.08. The van der Waals surface area contributed by atoms with E-state index < -0.39 is 5.97 Å². The Morgan fingerprint density at radius 1 is 0.893 bits per heavy atom. The van der Waals surface area contributed by atoms with Gasteiger partial charge in [0.25, 0.3) is 0 Å². The molecule has 0 unspecified atom stereocenters. The van der Waals surface area contributed by atoms with E-state index in [9.17, 15) is 4.79 Å². The number of hydrogen-bond acceptors (Lipinski definition) is 3. The summed E-state index contributed by atoms with van der Waals surface area (Å²) in [7, 11) is 0. The Balaban J connectivity index is 1.72. The van der Waals surface area contributed by atoms with E-state index in [1.165, 1.54) is 16.3 Å². The Bertz CT molecular complexity index is 1050. The van der Waals surface area contributed by atoms with E-state index in [1.807, 2.05) is 18.2 Å². The van der Waals surface area contributed by atoms with Crippen LogP contribution in [0.3, 0.4) is 0 Å². The zero-order valence-electron chi connectivity index (χ0n) is 15.9. The van der Waals surface area contributed by atoms with E-state index in [4.69, 9.17) is 9.47 Å². The number of carbonyl (C=O) groups excluding carboxylic acids is 1. The Kier molecular flexibility index (Phi) is 6.28. The molecule has 0 saturated carbocycles. The summed E-state index contributed by atoms with van der Waals surface area (Å²) >= 11 is 0. The maximum atomic E-state index is 11.4. The second-order valence-corrected chi connectivity index (χ2v) is 6.61. The summed E-state index contributed by atoms with van der Waals surface area (Å²) in [6.07, 6.45) is 5.83. The molecule has 0 bridgehead atoms. The second-order valence-electron chi connectivity index (χ2n) is 6.61. The maximum Gasteiger partial charge on any atom is 0.335 e. The molecule has 0 aromatic heterocycles. The number of fused-ring (bicyclic) bond motifs is 3. The van der Waals surface area contributed by atoms with E-state index in [0.29, 0.717) is 18.1 Å². The van der Waals surface area contributed by atoms with Gasteiger partial charge in [-0.15, -0.1) is 0 Å². The van der Waals surface area contributed by atoms with Crippen molar-refractivity contribution in [2.75, 3.05) is 6.61 Å². The number of rotatable bonds is 9. The predicted molar refractivity (Wildman–Crippen MR) is 116 cm³/mol. The van der Waals surface area contributed by atoms with E-state index in [0.717, 1.165) is 36.1 Å². The minimum Gasteiger partial charge on any atom is -0.494 e. The highest BCUT2D eigenvalue weighted by Gasteiger charge is 2.06. The molecule has 0 fully saturated rings. The summed E-state index contributed by atoms with van der Waals surface area (Å²) in [4.78, 5) is 11.4. The monoisotopic (exact) mass is 372 g/mol. The molecular formula is C25H24O3. The summed E-state index contributed by atoms with van der Waals surface area (Å²) in [5.74, 6) is 0.693. The van der Waals surface area contributed by atoms with Gasteiger partial charge < -0.3 is 9.47 Å². The first kappa shape index (κ1) is 19.4. The van der Waals surface area contributed by atoms with Gasteiger partial charge in [0.1, 0.15) is 11.5 Å². The topological polar surface area (TPSA) is 35.5 Å². The van der Waals surface area contributed by atoms with Gasteiger partial charge in [-0.25, -0.2) is 4.79 Å². The lowest BCUT2D eigenvalue weighted by atomic mass is 9.98. The molecule has 0 aliphatic heterocycles. The van der Waals surface area contributed by atoms with Gasteiger partial charge >= 0.3 is 5.97 Å². The normalized spacial score (nSPS) is 10.6. The van der Waals surface area contributed by atoms with E-state index in [2.05, 4.69) is 50.1 Å². The van der Waals surface area contributed by atoms with Crippen molar-refractivity contribution in [2.45, 2.75) is 19.3 Å². The van der Waals surface area contributed by atoms with Crippen LogP contribution in [0.2, 0.25) is 0 Å². The van der Waals surface area contributed by atoms with Crippen molar-refractivity contribution in [3.8, 4) is 5.75 Å². The van der Waals surface area contributed by atoms with Crippen LogP contribution in [0, 0.1) is 0 Å². The van der Waals surface area contributed by atoms with E-state index >= 15 is 0 Å². The van der Waals surface area contributed by atoms with Crippen LogP contribution in [-0.4, -0.2) is 12.6 Å². The third-order valence-corrected chi connectivity index (χ3v) is 4.63. The number of benzene rings is 3. The fourth-order valence-electron chi connectivity index (χ4n) is 3.17. The molecule has 0 spiro atoms. The summed E-state index contributed by atoms with van der Waals surface area (Å²) < 4.78 is 10.6. The Hall–Kier alpha value is -3.33. The van der Waals surface area contributed by atoms with Gasteiger partial charge in [0.15, 0.2) is 0 Å². The molecule has 0 heterocycles. The summed E-state index contributed by atoms with van der Waals surface area (Å²) in [5.41, 5.74) is 1.31. The van der Waals surface area contributed by atoms with Crippen LogP contribution in [0.1, 0.15) is 18.4 Å². The molecule has 0 N–H and O–H groups in total. The van der Waals surface area contributed by atoms with Crippen LogP contribution in [0.25, 0.3) is 21.5 Å². The van der Waals surface area contributed by atoms with Crippen molar-refractivity contribution in [1.29, 1.82) is 0 Å². The molecule has 0 amide bonds. The fourth-order valence-corrected chi connectivity index (χ4v) is 3.17. The first-order valence-corrected chi connectivity index (χ1v) is 9.34. The molecule has 0 aliphatic carbocycles. The molecule has 0 saturated heterocycles.